The topological polar surface area (TPSA) is 99.6 Å². The van der Waals surface area contributed by atoms with Crippen molar-refractivity contribution in [3.63, 3.8) is 0 Å². The second kappa shape index (κ2) is 10.7. The first-order valence-electron chi connectivity index (χ1n) is 12.2. The SMILES string of the molecule is COc1ccc2nccc(C(O)CN3CCC(NCc4ccc5c(c4)NC(=O)CS5)(C(F)(F)F)CC3)c2n1. The number of anilines is 1. The van der Waals surface area contributed by atoms with E-state index in [0.29, 0.717) is 39.5 Å². The van der Waals surface area contributed by atoms with Gasteiger partial charge in [-0.1, -0.05) is 6.07 Å². The van der Waals surface area contributed by atoms with E-state index in [4.69, 9.17) is 4.74 Å². The average Bonchev–Trinajstić information content (AvgIpc) is 2.91. The standard InChI is InChI=1S/C26H28F3N5O3S/c1-37-23-5-3-18-24(33-23)17(6-9-30-18)20(35)14-34-10-7-25(8-11-34,26(27,28)29)31-13-16-2-4-21-19(12-16)32-22(36)15-38-21/h2-6,9,12,20,31,35H,7-8,10-11,13-15H2,1H3,(H,32,36). The summed E-state index contributed by atoms with van der Waals surface area (Å²) in [5.41, 5.74) is 0.911. The lowest BCUT2D eigenvalue weighted by atomic mass is 9.86. The third kappa shape index (κ3) is 5.44. The fraction of sp³-hybridized carbons (Fsp3) is 0.423. The van der Waals surface area contributed by atoms with Gasteiger partial charge in [0.25, 0.3) is 0 Å². The number of carbonyl (C=O) groups is 1. The lowest BCUT2D eigenvalue weighted by Gasteiger charge is -2.44. The summed E-state index contributed by atoms with van der Waals surface area (Å²) in [6, 6.07) is 10.4. The molecule has 1 aromatic carbocycles. The molecule has 1 atom stereocenters. The van der Waals surface area contributed by atoms with Crippen LogP contribution in [0.15, 0.2) is 47.5 Å². The van der Waals surface area contributed by atoms with Crippen molar-refractivity contribution >= 4 is 34.4 Å². The second-order valence-electron chi connectivity index (χ2n) is 9.54. The number of likely N-dealkylation sites (tertiary alicyclic amines) is 1. The normalized spacial score (nSPS) is 18.6. The van der Waals surface area contributed by atoms with Gasteiger partial charge in [0.05, 0.1) is 35.7 Å². The van der Waals surface area contributed by atoms with Crippen molar-refractivity contribution in [1.82, 2.24) is 20.2 Å². The highest BCUT2D eigenvalue weighted by Gasteiger charge is 2.55. The Balaban J connectivity index is 1.25. The number of alkyl halides is 3. The number of aliphatic hydroxyl groups is 1. The van der Waals surface area contributed by atoms with Crippen LogP contribution in [0.5, 0.6) is 5.88 Å². The summed E-state index contributed by atoms with van der Waals surface area (Å²) in [4.78, 5) is 23.1. The zero-order chi connectivity index (χ0) is 26.9. The van der Waals surface area contributed by atoms with Crippen LogP contribution in [-0.2, 0) is 11.3 Å². The number of thioether (sulfide) groups is 1. The number of aromatic nitrogens is 2. The van der Waals surface area contributed by atoms with Crippen LogP contribution in [0, 0.1) is 0 Å². The first-order valence-corrected chi connectivity index (χ1v) is 13.2. The molecule has 202 valence electrons. The van der Waals surface area contributed by atoms with Crippen LogP contribution in [0.1, 0.15) is 30.1 Å². The Morgan fingerprint density at radius 3 is 2.76 bits per heavy atom. The molecule has 1 unspecified atom stereocenters. The summed E-state index contributed by atoms with van der Waals surface area (Å²) in [6.45, 7) is 0.529. The van der Waals surface area contributed by atoms with E-state index in [1.54, 1.807) is 36.5 Å². The number of carbonyl (C=O) groups excluding carboxylic acids is 1. The minimum Gasteiger partial charge on any atom is -0.481 e. The molecule has 8 nitrogen and oxygen atoms in total. The zero-order valence-electron chi connectivity index (χ0n) is 20.7. The Labute approximate surface area is 222 Å². The highest BCUT2D eigenvalue weighted by atomic mass is 32.2. The number of ether oxygens (including phenoxy) is 1. The van der Waals surface area contributed by atoms with Gasteiger partial charge in [0.1, 0.15) is 5.54 Å². The third-order valence-corrected chi connectivity index (χ3v) is 8.22. The third-order valence-electron chi connectivity index (χ3n) is 7.15. The molecular weight excluding hydrogens is 519 g/mol. The first-order chi connectivity index (χ1) is 18.2. The number of hydrogen-bond acceptors (Lipinski definition) is 8. The number of rotatable bonds is 7. The maximum absolute atomic E-state index is 14.3. The molecule has 2 aliphatic rings. The number of halogens is 3. The number of amides is 1. The molecule has 5 rings (SSSR count). The average molecular weight is 548 g/mol. The van der Waals surface area contributed by atoms with E-state index in [2.05, 4.69) is 20.6 Å². The summed E-state index contributed by atoms with van der Waals surface area (Å²) >= 11 is 1.41. The second-order valence-corrected chi connectivity index (χ2v) is 10.6. The van der Waals surface area contributed by atoms with Crippen LogP contribution in [0.25, 0.3) is 11.0 Å². The maximum atomic E-state index is 14.3. The van der Waals surface area contributed by atoms with Crippen molar-refractivity contribution in [2.24, 2.45) is 0 Å². The van der Waals surface area contributed by atoms with Gasteiger partial charge in [0, 0.05) is 48.9 Å². The van der Waals surface area contributed by atoms with Crippen molar-refractivity contribution in [2.45, 2.75) is 42.1 Å². The number of hydrogen-bond donors (Lipinski definition) is 3. The van der Waals surface area contributed by atoms with Crippen molar-refractivity contribution in [2.75, 3.05) is 37.8 Å². The monoisotopic (exact) mass is 547 g/mol. The minimum absolute atomic E-state index is 0.0203. The molecule has 12 heteroatoms. The number of methoxy groups -OCH3 is 1. The quantitative estimate of drug-likeness (QED) is 0.410. The number of nitrogens with one attached hydrogen (secondary N) is 2. The van der Waals surface area contributed by atoms with Gasteiger partial charge < -0.3 is 20.1 Å². The van der Waals surface area contributed by atoms with Crippen LogP contribution in [0.4, 0.5) is 18.9 Å². The highest BCUT2D eigenvalue weighted by Crippen LogP contribution is 2.40. The summed E-state index contributed by atoms with van der Waals surface area (Å²) < 4.78 is 48.1. The summed E-state index contributed by atoms with van der Waals surface area (Å²) in [5, 5.41) is 16.5. The van der Waals surface area contributed by atoms with Crippen LogP contribution < -0.4 is 15.4 Å². The Kier molecular flexibility index (Phi) is 7.49. The Morgan fingerprint density at radius 1 is 1.24 bits per heavy atom. The Morgan fingerprint density at radius 2 is 2.03 bits per heavy atom. The molecule has 0 spiro atoms. The van der Waals surface area contributed by atoms with Gasteiger partial charge in [0.2, 0.25) is 11.8 Å². The van der Waals surface area contributed by atoms with Gasteiger partial charge >= 0.3 is 6.18 Å². The zero-order valence-corrected chi connectivity index (χ0v) is 21.5. The fourth-order valence-corrected chi connectivity index (χ4v) is 5.73. The van der Waals surface area contributed by atoms with Crippen molar-refractivity contribution in [3.8, 4) is 5.88 Å². The van der Waals surface area contributed by atoms with Crippen molar-refractivity contribution < 1.29 is 27.8 Å². The molecule has 4 heterocycles. The van der Waals surface area contributed by atoms with Crippen LogP contribution in [0.2, 0.25) is 0 Å². The van der Waals surface area contributed by atoms with Gasteiger partial charge in [-0.25, -0.2) is 4.98 Å². The molecule has 0 aliphatic carbocycles. The van der Waals surface area contributed by atoms with E-state index in [9.17, 15) is 23.1 Å². The van der Waals surface area contributed by atoms with E-state index in [-0.39, 0.29) is 44.9 Å². The molecule has 1 amide bonds. The smallest absolute Gasteiger partial charge is 0.406 e. The number of aliphatic hydroxyl groups excluding tert-OH is 1. The number of fused-ring (bicyclic) bond motifs is 2. The molecule has 1 saturated heterocycles. The largest absolute Gasteiger partial charge is 0.481 e. The molecule has 0 radical (unpaired) electrons. The Bertz CT molecular complexity index is 1330. The van der Waals surface area contributed by atoms with Gasteiger partial charge in [-0.15, -0.1) is 11.8 Å². The Hall–Kier alpha value is -2.93. The predicted octanol–water partition coefficient (Wildman–Crippen LogP) is 3.90. The van der Waals surface area contributed by atoms with Crippen molar-refractivity contribution in [1.29, 1.82) is 0 Å². The summed E-state index contributed by atoms with van der Waals surface area (Å²) in [7, 11) is 1.50. The number of pyridine rings is 2. The number of β-amino-alcohol motifs (C(OH)–C–C–N with tert-alkyl or cyclic N) is 1. The predicted molar refractivity (Wildman–Crippen MR) is 138 cm³/mol. The first kappa shape index (κ1) is 26.7. The van der Waals surface area contributed by atoms with Gasteiger partial charge in [-0.05, 0) is 42.7 Å². The van der Waals surface area contributed by atoms with Crippen LogP contribution in [0.3, 0.4) is 0 Å². The molecule has 3 N–H and O–H groups in total. The summed E-state index contributed by atoms with van der Waals surface area (Å²) in [5.74, 6) is 0.594. The summed E-state index contributed by atoms with van der Waals surface area (Å²) in [6.07, 6.45) is -4.12. The fourth-order valence-electron chi connectivity index (χ4n) is 4.94. The highest BCUT2D eigenvalue weighted by molar-refractivity contribution is 8.00. The lowest BCUT2D eigenvalue weighted by molar-refractivity contribution is -0.210. The van der Waals surface area contributed by atoms with Gasteiger partial charge in [-0.3, -0.25) is 15.1 Å². The molecule has 0 saturated carbocycles. The van der Waals surface area contributed by atoms with E-state index in [1.807, 2.05) is 11.0 Å². The molecule has 38 heavy (non-hydrogen) atoms. The van der Waals surface area contributed by atoms with E-state index in [0.717, 1.165) is 4.90 Å². The maximum Gasteiger partial charge on any atom is 0.406 e. The van der Waals surface area contributed by atoms with Crippen molar-refractivity contribution in [3.05, 3.63) is 53.7 Å². The minimum atomic E-state index is -4.45. The number of nitrogens with zero attached hydrogens (tertiary/aromatic N) is 3. The lowest BCUT2D eigenvalue weighted by Crippen LogP contribution is -2.61. The van der Waals surface area contributed by atoms with Crippen LogP contribution >= 0.6 is 11.8 Å². The van der Waals surface area contributed by atoms with E-state index < -0.39 is 17.8 Å². The van der Waals surface area contributed by atoms with Crippen LogP contribution in [-0.4, -0.2) is 70.1 Å². The molecule has 1 fully saturated rings. The number of piperidine rings is 1. The molecule has 2 aromatic heterocycles. The molecule has 0 bridgehead atoms. The molecular formula is C26H28F3N5O3S. The molecule has 3 aromatic rings. The number of benzene rings is 1. The van der Waals surface area contributed by atoms with Gasteiger partial charge in [-0.2, -0.15) is 13.2 Å². The van der Waals surface area contributed by atoms with E-state index in [1.165, 1.54) is 18.9 Å². The van der Waals surface area contributed by atoms with E-state index >= 15 is 0 Å². The van der Waals surface area contributed by atoms with Gasteiger partial charge in [0.15, 0.2) is 0 Å². The molecule has 2 aliphatic heterocycles.